The number of carbonyl (C=O) groups is 2. The highest BCUT2D eigenvalue weighted by atomic mass is 16.2. The van der Waals surface area contributed by atoms with Crippen molar-refractivity contribution in [2.24, 2.45) is 5.92 Å². The Labute approximate surface area is 179 Å². The number of nitrogens with one attached hydrogen (secondary N) is 1. The Kier molecular flexibility index (Phi) is 6.80. The third kappa shape index (κ3) is 5.28. The van der Waals surface area contributed by atoms with Gasteiger partial charge in [-0.05, 0) is 36.3 Å². The van der Waals surface area contributed by atoms with Crippen molar-refractivity contribution in [2.75, 3.05) is 26.2 Å². The van der Waals surface area contributed by atoms with E-state index < -0.39 is 0 Å². The lowest BCUT2D eigenvalue weighted by atomic mass is 9.90. The fraction of sp³-hybridized carbons (Fsp3) is 0.440. The Balaban J connectivity index is 1.31. The summed E-state index contributed by atoms with van der Waals surface area (Å²) in [7, 11) is 0. The zero-order valence-electron chi connectivity index (χ0n) is 17.5. The molecule has 2 aliphatic rings. The Morgan fingerprint density at radius 3 is 2.20 bits per heavy atom. The molecule has 0 bridgehead atoms. The predicted molar refractivity (Wildman–Crippen MR) is 118 cm³/mol. The van der Waals surface area contributed by atoms with Crippen LogP contribution in [0.2, 0.25) is 0 Å². The van der Waals surface area contributed by atoms with E-state index in [4.69, 9.17) is 0 Å². The van der Waals surface area contributed by atoms with Gasteiger partial charge in [-0.15, -0.1) is 0 Å². The van der Waals surface area contributed by atoms with E-state index in [1.807, 2.05) is 29.2 Å². The fourth-order valence-corrected chi connectivity index (χ4v) is 4.62. The normalized spacial score (nSPS) is 20.7. The summed E-state index contributed by atoms with van der Waals surface area (Å²) in [6, 6.07) is 20.4. The molecule has 0 saturated carbocycles. The van der Waals surface area contributed by atoms with E-state index >= 15 is 0 Å². The van der Waals surface area contributed by atoms with E-state index in [0.29, 0.717) is 19.0 Å². The van der Waals surface area contributed by atoms with Gasteiger partial charge in [-0.3, -0.25) is 14.5 Å². The molecule has 2 aromatic rings. The lowest BCUT2D eigenvalue weighted by Gasteiger charge is -2.37. The molecule has 1 atom stereocenters. The van der Waals surface area contributed by atoms with Crippen LogP contribution in [0, 0.1) is 5.92 Å². The van der Waals surface area contributed by atoms with Gasteiger partial charge in [-0.25, -0.2) is 0 Å². The fourth-order valence-electron chi connectivity index (χ4n) is 4.62. The van der Waals surface area contributed by atoms with Gasteiger partial charge in [-0.1, -0.05) is 60.7 Å². The van der Waals surface area contributed by atoms with Gasteiger partial charge in [0.15, 0.2) is 0 Å². The Morgan fingerprint density at radius 2 is 1.53 bits per heavy atom. The molecule has 0 spiro atoms. The highest BCUT2D eigenvalue weighted by molar-refractivity contribution is 5.88. The minimum atomic E-state index is -0.381. The molecule has 5 heteroatoms. The van der Waals surface area contributed by atoms with Gasteiger partial charge < -0.3 is 10.2 Å². The van der Waals surface area contributed by atoms with Crippen LogP contribution in [0.15, 0.2) is 60.7 Å². The topological polar surface area (TPSA) is 52.7 Å². The third-order valence-corrected chi connectivity index (χ3v) is 6.37. The van der Waals surface area contributed by atoms with Gasteiger partial charge in [0.1, 0.15) is 0 Å². The van der Waals surface area contributed by atoms with Crippen molar-refractivity contribution in [3.05, 3.63) is 71.8 Å². The van der Waals surface area contributed by atoms with Crippen LogP contribution in [-0.4, -0.2) is 53.8 Å². The summed E-state index contributed by atoms with van der Waals surface area (Å²) in [5.74, 6) is 0.710. The molecule has 158 valence electrons. The number of hydrogen-bond acceptors (Lipinski definition) is 3. The highest BCUT2D eigenvalue weighted by Gasteiger charge is 2.33. The lowest BCUT2D eigenvalue weighted by Crippen LogP contribution is -2.56. The molecule has 2 fully saturated rings. The van der Waals surface area contributed by atoms with Gasteiger partial charge in [-0.2, -0.15) is 0 Å². The second-order valence-electron chi connectivity index (χ2n) is 8.48. The zero-order valence-corrected chi connectivity index (χ0v) is 17.5. The van der Waals surface area contributed by atoms with Gasteiger partial charge in [0.05, 0.1) is 12.5 Å². The third-order valence-electron chi connectivity index (χ3n) is 6.37. The number of rotatable bonds is 6. The molecule has 0 aliphatic carbocycles. The summed E-state index contributed by atoms with van der Waals surface area (Å²) in [5, 5.41) is 2.94. The van der Waals surface area contributed by atoms with E-state index in [0.717, 1.165) is 38.9 Å². The van der Waals surface area contributed by atoms with E-state index in [1.165, 1.54) is 11.1 Å². The van der Waals surface area contributed by atoms with E-state index in [-0.39, 0.29) is 24.3 Å². The van der Waals surface area contributed by atoms with Crippen LogP contribution >= 0.6 is 0 Å². The molecule has 2 aliphatic heterocycles. The largest absolute Gasteiger partial charge is 0.353 e. The first kappa shape index (κ1) is 20.6. The number of benzene rings is 2. The van der Waals surface area contributed by atoms with Crippen LogP contribution in [0.25, 0.3) is 0 Å². The van der Waals surface area contributed by atoms with Crippen LogP contribution in [0.5, 0.6) is 0 Å². The van der Waals surface area contributed by atoms with Crippen molar-refractivity contribution in [2.45, 2.75) is 38.3 Å². The highest BCUT2D eigenvalue weighted by Crippen LogP contribution is 2.23. The SMILES string of the molecule is O=C1NCCN(Cc2ccccc2)C1CC(=O)N1CCC(Cc2ccccc2)CC1. The van der Waals surface area contributed by atoms with Crippen LogP contribution in [-0.2, 0) is 22.6 Å². The van der Waals surface area contributed by atoms with Crippen molar-refractivity contribution < 1.29 is 9.59 Å². The lowest BCUT2D eigenvalue weighted by molar-refractivity contribution is -0.140. The first-order valence-electron chi connectivity index (χ1n) is 11.1. The van der Waals surface area contributed by atoms with Crippen molar-refractivity contribution in [1.29, 1.82) is 0 Å². The minimum absolute atomic E-state index is 0.0236. The molecule has 0 aromatic heterocycles. The Hall–Kier alpha value is -2.66. The average Bonchev–Trinajstić information content (AvgIpc) is 2.78. The number of piperazine rings is 1. The number of hydrogen-bond donors (Lipinski definition) is 1. The molecular weight excluding hydrogens is 374 g/mol. The van der Waals surface area contributed by atoms with E-state index in [1.54, 1.807) is 0 Å². The maximum absolute atomic E-state index is 13.0. The maximum Gasteiger partial charge on any atom is 0.237 e. The monoisotopic (exact) mass is 405 g/mol. The second kappa shape index (κ2) is 9.90. The molecule has 2 heterocycles. The van der Waals surface area contributed by atoms with Crippen molar-refractivity contribution in [3.8, 4) is 0 Å². The Bertz CT molecular complexity index is 832. The molecule has 2 amide bonds. The van der Waals surface area contributed by atoms with Crippen LogP contribution in [0.4, 0.5) is 0 Å². The number of carbonyl (C=O) groups excluding carboxylic acids is 2. The quantitative estimate of drug-likeness (QED) is 0.804. The van der Waals surface area contributed by atoms with Gasteiger partial charge in [0, 0.05) is 32.7 Å². The minimum Gasteiger partial charge on any atom is -0.353 e. The first-order chi connectivity index (χ1) is 14.7. The summed E-state index contributed by atoms with van der Waals surface area (Å²) >= 11 is 0. The standard InChI is InChI=1S/C25H31N3O2/c29-24(27-14-11-21(12-15-27)17-20-7-3-1-4-8-20)18-23-25(30)26-13-16-28(23)19-22-9-5-2-6-10-22/h1-10,21,23H,11-19H2,(H,26,30). The maximum atomic E-state index is 13.0. The molecule has 30 heavy (non-hydrogen) atoms. The van der Waals surface area contributed by atoms with Crippen LogP contribution in [0.3, 0.4) is 0 Å². The molecule has 0 radical (unpaired) electrons. The summed E-state index contributed by atoms with van der Waals surface area (Å²) < 4.78 is 0. The average molecular weight is 406 g/mol. The van der Waals surface area contributed by atoms with E-state index in [9.17, 15) is 9.59 Å². The van der Waals surface area contributed by atoms with Gasteiger partial charge >= 0.3 is 0 Å². The molecule has 1 unspecified atom stereocenters. The molecule has 4 rings (SSSR count). The molecular formula is C25H31N3O2. The Morgan fingerprint density at radius 1 is 0.900 bits per heavy atom. The summed E-state index contributed by atoms with van der Waals surface area (Å²) in [6.07, 6.45) is 3.41. The summed E-state index contributed by atoms with van der Waals surface area (Å²) in [5.41, 5.74) is 2.55. The second-order valence-corrected chi connectivity index (χ2v) is 8.48. The van der Waals surface area contributed by atoms with Crippen molar-refractivity contribution in [3.63, 3.8) is 0 Å². The molecule has 2 aromatic carbocycles. The van der Waals surface area contributed by atoms with Gasteiger partial charge in [0.25, 0.3) is 0 Å². The van der Waals surface area contributed by atoms with Gasteiger partial charge in [0.2, 0.25) is 11.8 Å². The van der Waals surface area contributed by atoms with Crippen LogP contribution in [0.1, 0.15) is 30.4 Å². The van der Waals surface area contributed by atoms with Crippen LogP contribution < -0.4 is 5.32 Å². The van der Waals surface area contributed by atoms with E-state index in [2.05, 4.69) is 46.6 Å². The van der Waals surface area contributed by atoms with Crippen molar-refractivity contribution in [1.82, 2.24) is 15.1 Å². The summed E-state index contributed by atoms with van der Waals surface area (Å²) in [4.78, 5) is 29.6. The molecule has 2 saturated heterocycles. The van der Waals surface area contributed by atoms with Crippen molar-refractivity contribution >= 4 is 11.8 Å². The number of amides is 2. The smallest absolute Gasteiger partial charge is 0.237 e. The number of nitrogens with zero attached hydrogens (tertiary/aromatic N) is 2. The number of piperidine rings is 1. The predicted octanol–water partition coefficient (Wildman–Crippen LogP) is 2.86. The number of likely N-dealkylation sites (tertiary alicyclic amines) is 1. The molecule has 5 nitrogen and oxygen atoms in total. The zero-order chi connectivity index (χ0) is 20.8. The first-order valence-corrected chi connectivity index (χ1v) is 11.1. The summed E-state index contributed by atoms with van der Waals surface area (Å²) in [6.45, 7) is 3.71. The molecule has 1 N–H and O–H groups in total.